The molecule has 37 heavy (non-hydrogen) atoms. The molecule has 0 spiro atoms. The SMILES string of the molecule is CC1(C)[C@@H](O[Si](C)(C)C(C)(C)C)CC[C@]2(C)[C@H]3CC[C@@]4(C)C(OS(=O)(=O)C(F)(F)F)=CC[C@H]4[C@@H]3CC[C@@H]12. The molecule has 0 aliphatic heterocycles. The molecule has 4 aliphatic carbocycles. The smallest absolute Gasteiger partial charge is 0.413 e. The van der Waals surface area contributed by atoms with E-state index in [0.717, 1.165) is 32.1 Å². The van der Waals surface area contributed by atoms with Gasteiger partial charge in [0.2, 0.25) is 0 Å². The van der Waals surface area contributed by atoms with E-state index in [-0.39, 0.29) is 33.6 Å². The molecular formula is C28H47F3O4SSi. The van der Waals surface area contributed by atoms with Crippen molar-refractivity contribution in [2.75, 3.05) is 0 Å². The molecular weight excluding hydrogens is 517 g/mol. The molecule has 214 valence electrons. The number of hydrogen-bond acceptors (Lipinski definition) is 4. The Bertz CT molecular complexity index is 1040. The monoisotopic (exact) mass is 564 g/mol. The van der Waals surface area contributed by atoms with Gasteiger partial charge in [-0.05, 0) is 104 Å². The van der Waals surface area contributed by atoms with Crippen LogP contribution in [0.4, 0.5) is 13.2 Å². The van der Waals surface area contributed by atoms with Crippen LogP contribution >= 0.6 is 0 Å². The average Bonchev–Trinajstić information content (AvgIpc) is 3.04. The normalized spacial score (nSPS) is 40.3. The molecule has 0 aromatic carbocycles. The van der Waals surface area contributed by atoms with Crippen molar-refractivity contribution < 1.29 is 30.2 Å². The Balaban J connectivity index is 1.55. The highest BCUT2D eigenvalue weighted by atomic mass is 32.2. The van der Waals surface area contributed by atoms with Crippen LogP contribution in [0.1, 0.15) is 93.4 Å². The van der Waals surface area contributed by atoms with Crippen molar-refractivity contribution in [1.29, 1.82) is 0 Å². The van der Waals surface area contributed by atoms with Crippen LogP contribution in [0.3, 0.4) is 0 Å². The molecule has 0 amide bonds. The molecule has 0 aromatic heterocycles. The van der Waals surface area contributed by atoms with Gasteiger partial charge in [-0.1, -0.05) is 48.5 Å². The minimum absolute atomic E-state index is 0.00681. The minimum Gasteiger partial charge on any atom is -0.413 e. The second kappa shape index (κ2) is 8.73. The van der Waals surface area contributed by atoms with Crippen LogP contribution in [-0.4, -0.2) is 28.3 Å². The Morgan fingerprint density at radius 1 is 0.946 bits per heavy atom. The third kappa shape index (κ3) is 4.54. The highest BCUT2D eigenvalue weighted by Crippen LogP contribution is 2.69. The highest BCUT2D eigenvalue weighted by molar-refractivity contribution is 7.87. The van der Waals surface area contributed by atoms with Crippen molar-refractivity contribution >= 4 is 18.4 Å². The van der Waals surface area contributed by atoms with E-state index in [2.05, 4.69) is 54.6 Å². The van der Waals surface area contributed by atoms with Gasteiger partial charge in [0.15, 0.2) is 8.32 Å². The molecule has 4 aliphatic rings. The van der Waals surface area contributed by atoms with Crippen molar-refractivity contribution in [2.24, 2.45) is 39.9 Å². The number of allylic oxidation sites excluding steroid dienone is 2. The Morgan fingerprint density at radius 2 is 1.57 bits per heavy atom. The van der Waals surface area contributed by atoms with Gasteiger partial charge in [-0.15, -0.1) is 0 Å². The first-order chi connectivity index (χ1) is 16.6. The number of hydrogen-bond donors (Lipinski definition) is 0. The second-order valence-electron chi connectivity index (χ2n) is 15.0. The maximum absolute atomic E-state index is 13.1. The third-order valence-corrected chi connectivity index (χ3v) is 17.2. The lowest BCUT2D eigenvalue weighted by Crippen LogP contribution is -2.61. The molecule has 9 heteroatoms. The van der Waals surface area contributed by atoms with Crippen LogP contribution in [0, 0.1) is 39.9 Å². The topological polar surface area (TPSA) is 52.6 Å². The second-order valence-corrected chi connectivity index (χ2v) is 21.3. The highest BCUT2D eigenvalue weighted by Gasteiger charge is 2.64. The maximum atomic E-state index is 13.1. The molecule has 0 heterocycles. The number of halogens is 3. The number of fused-ring (bicyclic) bond motifs is 5. The Hall–Kier alpha value is -0.543. The van der Waals surface area contributed by atoms with Crippen LogP contribution in [0.15, 0.2) is 11.8 Å². The van der Waals surface area contributed by atoms with E-state index in [0.29, 0.717) is 30.6 Å². The largest absolute Gasteiger partial charge is 0.534 e. The summed E-state index contributed by atoms with van der Waals surface area (Å²) < 4.78 is 74.6. The lowest BCUT2D eigenvalue weighted by Gasteiger charge is -2.65. The number of rotatable bonds is 4. The molecule has 3 saturated carbocycles. The van der Waals surface area contributed by atoms with Gasteiger partial charge in [0, 0.05) is 5.41 Å². The van der Waals surface area contributed by atoms with Crippen LogP contribution in [0.2, 0.25) is 18.1 Å². The fraction of sp³-hybridized carbons (Fsp3) is 0.929. The lowest BCUT2D eigenvalue weighted by molar-refractivity contribution is -0.172. The van der Waals surface area contributed by atoms with Crippen molar-refractivity contribution in [3.05, 3.63) is 11.8 Å². The molecule has 4 nitrogen and oxygen atoms in total. The molecule has 7 atom stereocenters. The van der Waals surface area contributed by atoms with Gasteiger partial charge >= 0.3 is 15.6 Å². The van der Waals surface area contributed by atoms with E-state index in [9.17, 15) is 21.6 Å². The van der Waals surface area contributed by atoms with Gasteiger partial charge < -0.3 is 8.61 Å². The average molecular weight is 565 g/mol. The van der Waals surface area contributed by atoms with Crippen molar-refractivity contribution in [3.63, 3.8) is 0 Å². The first kappa shape index (κ1) is 29.4. The summed E-state index contributed by atoms with van der Waals surface area (Å²) in [6.07, 6.45) is 8.22. The van der Waals surface area contributed by atoms with Crippen LogP contribution in [0.25, 0.3) is 0 Å². The Kier molecular flexibility index (Phi) is 6.94. The summed E-state index contributed by atoms with van der Waals surface area (Å²) >= 11 is 0. The summed E-state index contributed by atoms with van der Waals surface area (Å²) in [5.41, 5.74) is -5.90. The fourth-order valence-corrected chi connectivity index (χ4v) is 10.7. The molecule has 3 fully saturated rings. The van der Waals surface area contributed by atoms with E-state index < -0.39 is 29.4 Å². The molecule has 4 rings (SSSR count). The van der Waals surface area contributed by atoms with Gasteiger partial charge in [-0.25, -0.2) is 0 Å². The summed E-state index contributed by atoms with van der Waals surface area (Å²) in [7, 11) is -7.57. The first-order valence-corrected chi connectivity index (χ1v) is 18.3. The van der Waals surface area contributed by atoms with Gasteiger partial charge in [-0.2, -0.15) is 21.6 Å². The molecule has 0 N–H and O–H groups in total. The van der Waals surface area contributed by atoms with Gasteiger partial charge in [-0.3, -0.25) is 0 Å². The van der Waals surface area contributed by atoms with Crippen molar-refractivity contribution in [2.45, 2.75) is 123 Å². The zero-order chi connectivity index (χ0) is 28.0. The summed E-state index contributed by atoms with van der Waals surface area (Å²) in [5, 5.41) is 0.157. The quantitative estimate of drug-likeness (QED) is 0.195. The predicted octanol–water partition coefficient (Wildman–Crippen LogP) is 8.42. The molecule has 0 saturated heterocycles. The molecule has 0 radical (unpaired) electrons. The van der Waals surface area contributed by atoms with Crippen LogP contribution in [-0.2, 0) is 18.7 Å². The lowest BCUT2D eigenvalue weighted by atomic mass is 9.41. The van der Waals surface area contributed by atoms with E-state index in [1.54, 1.807) is 6.08 Å². The van der Waals surface area contributed by atoms with E-state index in [1.807, 2.05) is 6.92 Å². The molecule has 0 unspecified atom stereocenters. The maximum Gasteiger partial charge on any atom is 0.534 e. The van der Waals surface area contributed by atoms with Crippen LogP contribution < -0.4 is 0 Å². The van der Waals surface area contributed by atoms with Gasteiger partial charge in [0.25, 0.3) is 0 Å². The van der Waals surface area contributed by atoms with Crippen molar-refractivity contribution in [3.8, 4) is 0 Å². The Labute approximate surface area is 223 Å². The fourth-order valence-electron chi connectivity index (χ4n) is 8.64. The van der Waals surface area contributed by atoms with E-state index >= 15 is 0 Å². The van der Waals surface area contributed by atoms with Gasteiger partial charge in [0.1, 0.15) is 5.76 Å². The van der Waals surface area contributed by atoms with E-state index in [4.69, 9.17) is 8.61 Å². The zero-order valence-electron chi connectivity index (χ0n) is 24.1. The Morgan fingerprint density at radius 3 is 2.14 bits per heavy atom. The van der Waals surface area contributed by atoms with Gasteiger partial charge in [0.05, 0.1) is 6.10 Å². The predicted molar refractivity (Wildman–Crippen MR) is 142 cm³/mol. The number of alkyl halides is 3. The summed E-state index contributed by atoms with van der Waals surface area (Å²) in [4.78, 5) is 0. The summed E-state index contributed by atoms with van der Waals surface area (Å²) in [5.74, 6) is 1.48. The third-order valence-electron chi connectivity index (χ3n) is 11.8. The minimum atomic E-state index is -5.66. The van der Waals surface area contributed by atoms with Crippen molar-refractivity contribution in [1.82, 2.24) is 0 Å². The van der Waals surface area contributed by atoms with Crippen LogP contribution in [0.5, 0.6) is 0 Å². The standard InChI is InChI=1S/C28H47F3O4SSi/c1-24(2,3)37(8,9)35-22-15-17-26(6)20-14-16-27(7)19(18(20)10-12-21(26)25(22,4)5)11-13-23(27)34-36(32,33)28(29,30)31/h13,18-22H,10-12,14-17H2,1-9H3/t18-,19-,20-,21-,22-,26+,27+/m0/s1. The van der Waals surface area contributed by atoms with E-state index in [1.165, 1.54) is 0 Å². The summed E-state index contributed by atoms with van der Waals surface area (Å²) in [6.45, 7) is 20.7. The molecule has 0 aromatic rings. The zero-order valence-corrected chi connectivity index (χ0v) is 25.9. The first-order valence-electron chi connectivity index (χ1n) is 14.0. The summed E-state index contributed by atoms with van der Waals surface area (Å²) in [6, 6.07) is 0. The molecule has 0 bridgehead atoms.